The number of hydrogen-bond acceptors (Lipinski definition) is 3. The Balaban J connectivity index is 1.41. The van der Waals surface area contributed by atoms with E-state index in [0.29, 0.717) is 36.3 Å². The van der Waals surface area contributed by atoms with Gasteiger partial charge in [0.1, 0.15) is 5.82 Å². The van der Waals surface area contributed by atoms with Gasteiger partial charge in [0.05, 0.1) is 0 Å². The molecular weight excluding hydrogens is 433 g/mol. The number of benzene rings is 3. The van der Waals surface area contributed by atoms with Crippen LogP contribution >= 0.6 is 0 Å². The van der Waals surface area contributed by atoms with E-state index in [4.69, 9.17) is 0 Å². The molecule has 1 N–H and O–H groups in total. The smallest absolute Gasteiger partial charge is 0.258 e. The van der Waals surface area contributed by atoms with Gasteiger partial charge in [0, 0.05) is 47.7 Å². The number of hydrogen-bond donors (Lipinski definition) is 1. The molecule has 0 aromatic heterocycles. The summed E-state index contributed by atoms with van der Waals surface area (Å²) in [5.74, 6) is -0.799. The van der Waals surface area contributed by atoms with Crippen LogP contribution in [0.4, 0.5) is 21.5 Å². The molecule has 3 aromatic carbocycles. The summed E-state index contributed by atoms with van der Waals surface area (Å²) in [4.78, 5) is 41.8. The van der Waals surface area contributed by atoms with E-state index >= 15 is 0 Å². The minimum atomic E-state index is -0.402. The summed E-state index contributed by atoms with van der Waals surface area (Å²) in [6.07, 6.45) is 2.83. The lowest BCUT2D eigenvalue weighted by molar-refractivity contribution is -0.117. The Bertz CT molecular complexity index is 1270. The first-order valence-corrected chi connectivity index (χ1v) is 11.4. The zero-order chi connectivity index (χ0) is 23.7. The van der Waals surface area contributed by atoms with E-state index in [1.807, 2.05) is 24.3 Å². The molecule has 2 heterocycles. The molecule has 7 heteroatoms. The minimum Gasteiger partial charge on any atom is -0.322 e. The van der Waals surface area contributed by atoms with Gasteiger partial charge >= 0.3 is 0 Å². The van der Waals surface area contributed by atoms with Gasteiger partial charge < -0.3 is 15.1 Å². The van der Waals surface area contributed by atoms with Crippen molar-refractivity contribution >= 4 is 34.8 Å². The summed E-state index contributed by atoms with van der Waals surface area (Å²) in [6, 6.07) is 18.1. The molecule has 0 radical (unpaired) electrons. The lowest BCUT2D eigenvalue weighted by Gasteiger charge is -2.31. The second kappa shape index (κ2) is 9.09. The highest BCUT2D eigenvalue weighted by molar-refractivity contribution is 6.09. The largest absolute Gasteiger partial charge is 0.322 e. The van der Waals surface area contributed by atoms with Crippen LogP contribution in [0.1, 0.15) is 45.5 Å². The lowest BCUT2D eigenvalue weighted by atomic mass is 9.98. The van der Waals surface area contributed by atoms with Crippen molar-refractivity contribution in [3.8, 4) is 0 Å². The van der Waals surface area contributed by atoms with E-state index in [-0.39, 0.29) is 17.7 Å². The monoisotopic (exact) mass is 457 g/mol. The van der Waals surface area contributed by atoms with Crippen molar-refractivity contribution in [1.29, 1.82) is 0 Å². The standard InChI is InChI=1S/C27H24FN3O3/c28-20-13-11-18(12-14-20)26(33)29-23-8-2-9-24-22(23)7-3-16-31(24)27(34)19-5-1-6-21(17-19)30-15-4-10-25(30)32/h1-2,5-6,8-9,11-14,17H,3-4,7,10,15-16H2,(H,29,33). The number of fused-ring (bicyclic) bond motifs is 1. The predicted octanol–water partition coefficient (Wildman–Crippen LogP) is 4.80. The Morgan fingerprint density at radius 3 is 2.38 bits per heavy atom. The molecule has 2 aliphatic heterocycles. The van der Waals surface area contributed by atoms with Gasteiger partial charge in [0.15, 0.2) is 0 Å². The highest BCUT2D eigenvalue weighted by Crippen LogP contribution is 2.34. The molecule has 34 heavy (non-hydrogen) atoms. The van der Waals surface area contributed by atoms with E-state index in [9.17, 15) is 18.8 Å². The summed E-state index contributed by atoms with van der Waals surface area (Å²) in [7, 11) is 0. The number of nitrogens with one attached hydrogen (secondary N) is 1. The zero-order valence-electron chi connectivity index (χ0n) is 18.6. The van der Waals surface area contributed by atoms with Crippen molar-refractivity contribution in [2.75, 3.05) is 28.2 Å². The SMILES string of the molecule is O=C(Nc1cccc2c1CCCN2C(=O)c1cccc(N2CCCC2=O)c1)c1ccc(F)cc1. The molecule has 0 bridgehead atoms. The van der Waals surface area contributed by atoms with Crippen LogP contribution in [0, 0.1) is 5.82 Å². The van der Waals surface area contributed by atoms with Crippen molar-refractivity contribution in [2.24, 2.45) is 0 Å². The van der Waals surface area contributed by atoms with Crippen LogP contribution in [0.25, 0.3) is 0 Å². The van der Waals surface area contributed by atoms with Crippen molar-refractivity contribution in [3.63, 3.8) is 0 Å². The number of carbonyl (C=O) groups is 3. The summed E-state index contributed by atoms with van der Waals surface area (Å²) < 4.78 is 13.2. The number of rotatable bonds is 4. The topological polar surface area (TPSA) is 69.7 Å². The molecule has 2 aliphatic rings. The Morgan fingerprint density at radius 2 is 1.62 bits per heavy atom. The van der Waals surface area contributed by atoms with Crippen LogP contribution in [-0.4, -0.2) is 30.8 Å². The van der Waals surface area contributed by atoms with Crippen LogP contribution in [0.15, 0.2) is 66.7 Å². The Kier molecular flexibility index (Phi) is 5.84. The second-order valence-corrected chi connectivity index (χ2v) is 8.52. The normalized spacial score (nSPS) is 15.3. The average molecular weight is 458 g/mol. The third-order valence-corrected chi connectivity index (χ3v) is 6.33. The molecule has 0 unspecified atom stereocenters. The van der Waals surface area contributed by atoms with E-state index < -0.39 is 5.82 Å². The molecule has 6 nitrogen and oxygen atoms in total. The molecule has 1 fully saturated rings. The molecule has 5 rings (SSSR count). The van der Waals surface area contributed by atoms with E-state index in [1.165, 1.54) is 24.3 Å². The maximum atomic E-state index is 13.5. The van der Waals surface area contributed by atoms with Gasteiger partial charge in [-0.25, -0.2) is 4.39 Å². The van der Waals surface area contributed by atoms with Crippen LogP contribution in [0.2, 0.25) is 0 Å². The molecule has 172 valence electrons. The van der Waals surface area contributed by atoms with Crippen LogP contribution in [0.5, 0.6) is 0 Å². The molecule has 3 amide bonds. The highest BCUT2D eigenvalue weighted by atomic mass is 19.1. The molecule has 0 spiro atoms. The van der Waals surface area contributed by atoms with Crippen LogP contribution in [-0.2, 0) is 11.2 Å². The Morgan fingerprint density at radius 1 is 0.853 bits per heavy atom. The highest BCUT2D eigenvalue weighted by Gasteiger charge is 2.27. The van der Waals surface area contributed by atoms with Crippen LogP contribution in [0.3, 0.4) is 0 Å². The predicted molar refractivity (Wildman–Crippen MR) is 129 cm³/mol. The third kappa shape index (κ3) is 4.17. The first-order valence-electron chi connectivity index (χ1n) is 11.4. The number of nitrogens with zero attached hydrogens (tertiary/aromatic N) is 2. The maximum absolute atomic E-state index is 13.5. The van der Waals surface area contributed by atoms with Crippen LogP contribution < -0.4 is 15.1 Å². The number of amides is 3. The summed E-state index contributed by atoms with van der Waals surface area (Å²) >= 11 is 0. The number of halogens is 1. The lowest BCUT2D eigenvalue weighted by Crippen LogP contribution is -2.36. The van der Waals surface area contributed by atoms with Gasteiger partial charge in [-0.15, -0.1) is 0 Å². The van der Waals surface area contributed by atoms with Gasteiger partial charge in [0.25, 0.3) is 11.8 Å². The molecule has 0 atom stereocenters. The number of carbonyl (C=O) groups excluding carboxylic acids is 3. The van der Waals surface area contributed by atoms with E-state index in [2.05, 4.69) is 5.32 Å². The maximum Gasteiger partial charge on any atom is 0.258 e. The fourth-order valence-electron chi connectivity index (χ4n) is 4.63. The molecule has 0 aliphatic carbocycles. The third-order valence-electron chi connectivity index (χ3n) is 6.33. The molecule has 1 saturated heterocycles. The first kappa shape index (κ1) is 21.8. The fraction of sp³-hybridized carbons (Fsp3) is 0.222. The van der Waals surface area contributed by atoms with Gasteiger partial charge in [0.2, 0.25) is 5.91 Å². The summed E-state index contributed by atoms with van der Waals surface area (Å²) in [5, 5.41) is 2.91. The van der Waals surface area contributed by atoms with Crippen molar-refractivity contribution < 1.29 is 18.8 Å². The first-order chi connectivity index (χ1) is 16.5. The Hall–Kier alpha value is -4.00. The van der Waals surface area contributed by atoms with E-state index in [0.717, 1.165) is 36.2 Å². The fourth-order valence-corrected chi connectivity index (χ4v) is 4.63. The van der Waals surface area contributed by atoms with Gasteiger partial charge in [-0.05, 0) is 79.4 Å². The number of anilines is 3. The molecule has 0 saturated carbocycles. The van der Waals surface area contributed by atoms with E-state index in [1.54, 1.807) is 28.0 Å². The van der Waals surface area contributed by atoms with Crippen molar-refractivity contribution in [3.05, 3.63) is 89.2 Å². The van der Waals surface area contributed by atoms with Crippen molar-refractivity contribution in [1.82, 2.24) is 0 Å². The minimum absolute atomic E-state index is 0.0782. The Labute approximate surface area is 197 Å². The molecular formula is C27H24FN3O3. The average Bonchev–Trinajstić information content (AvgIpc) is 3.30. The summed E-state index contributed by atoms with van der Waals surface area (Å²) in [5.41, 5.74) is 3.91. The van der Waals surface area contributed by atoms with Gasteiger partial charge in [-0.1, -0.05) is 12.1 Å². The van der Waals surface area contributed by atoms with Crippen molar-refractivity contribution in [2.45, 2.75) is 25.7 Å². The molecule has 3 aromatic rings. The second-order valence-electron chi connectivity index (χ2n) is 8.52. The summed E-state index contributed by atoms with van der Waals surface area (Å²) in [6.45, 7) is 1.23. The zero-order valence-corrected chi connectivity index (χ0v) is 18.6. The van der Waals surface area contributed by atoms with Gasteiger partial charge in [-0.3, -0.25) is 14.4 Å². The quantitative estimate of drug-likeness (QED) is 0.612. The van der Waals surface area contributed by atoms with Gasteiger partial charge in [-0.2, -0.15) is 0 Å².